The molecule has 0 atom stereocenters. The molecule has 0 bridgehead atoms. The molecule has 0 unspecified atom stereocenters. The molecule has 6 heteroatoms. The zero-order valence-corrected chi connectivity index (χ0v) is 12.1. The van der Waals surface area contributed by atoms with Crippen LogP contribution in [0.1, 0.15) is 11.3 Å². The van der Waals surface area contributed by atoms with Crippen molar-refractivity contribution in [3.05, 3.63) is 64.1 Å². The van der Waals surface area contributed by atoms with Gasteiger partial charge in [0.05, 0.1) is 12.8 Å². The van der Waals surface area contributed by atoms with Crippen LogP contribution in [0.2, 0.25) is 0 Å². The van der Waals surface area contributed by atoms with Crippen molar-refractivity contribution in [1.29, 1.82) is 0 Å². The fraction of sp³-hybridized carbons (Fsp3) is 0.214. The van der Waals surface area contributed by atoms with Gasteiger partial charge in [-0.05, 0) is 12.5 Å². The maximum absolute atomic E-state index is 12.0. The summed E-state index contributed by atoms with van der Waals surface area (Å²) >= 11 is 0. The van der Waals surface area contributed by atoms with E-state index >= 15 is 0 Å². The van der Waals surface area contributed by atoms with Crippen LogP contribution >= 0.6 is 0 Å². The molecule has 0 saturated heterocycles. The fourth-order valence-electron chi connectivity index (χ4n) is 1.89. The van der Waals surface area contributed by atoms with Crippen molar-refractivity contribution in [3.63, 3.8) is 0 Å². The SMILES string of the molecule is Cc1cc(OS(C)(=O)=O)cc(=O)n1Cc1ccccc1. The molecular formula is C14H15NO4S. The van der Waals surface area contributed by atoms with E-state index in [0.717, 1.165) is 11.8 Å². The van der Waals surface area contributed by atoms with Crippen LogP contribution in [0.25, 0.3) is 0 Å². The Morgan fingerprint density at radius 1 is 1.15 bits per heavy atom. The summed E-state index contributed by atoms with van der Waals surface area (Å²) in [5.41, 5.74) is 1.34. The molecule has 0 radical (unpaired) electrons. The minimum absolute atomic E-state index is 0.0410. The Balaban J connectivity index is 2.35. The Labute approximate surface area is 117 Å². The first-order valence-corrected chi connectivity index (χ1v) is 7.82. The zero-order valence-electron chi connectivity index (χ0n) is 11.2. The second kappa shape index (κ2) is 5.50. The normalized spacial score (nSPS) is 11.3. The van der Waals surface area contributed by atoms with E-state index in [1.165, 1.54) is 12.1 Å². The maximum atomic E-state index is 12.0. The van der Waals surface area contributed by atoms with Crippen LogP contribution in [0.15, 0.2) is 47.3 Å². The summed E-state index contributed by atoms with van der Waals surface area (Å²) in [6.07, 6.45) is 0.942. The molecule has 5 nitrogen and oxygen atoms in total. The van der Waals surface area contributed by atoms with Crippen LogP contribution in [0, 0.1) is 6.92 Å². The molecule has 0 aliphatic heterocycles. The molecule has 1 aromatic carbocycles. The Morgan fingerprint density at radius 3 is 2.35 bits per heavy atom. The van der Waals surface area contributed by atoms with Crippen LogP contribution in [0.5, 0.6) is 5.75 Å². The van der Waals surface area contributed by atoms with Gasteiger partial charge in [0.25, 0.3) is 5.56 Å². The Morgan fingerprint density at radius 2 is 1.80 bits per heavy atom. The van der Waals surface area contributed by atoms with Crippen molar-refractivity contribution >= 4 is 10.1 Å². The third-order valence-electron chi connectivity index (χ3n) is 2.74. The lowest BCUT2D eigenvalue weighted by Gasteiger charge is -2.11. The van der Waals surface area contributed by atoms with Crippen molar-refractivity contribution in [2.75, 3.05) is 6.26 Å². The molecule has 0 fully saturated rings. The first-order valence-electron chi connectivity index (χ1n) is 6.00. The Bertz CT molecular complexity index is 764. The van der Waals surface area contributed by atoms with Crippen LogP contribution in [0.3, 0.4) is 0 Å². The number of aryl methyl sites for hydroxylation is 1. The topological polar surface area (TPSA) is 65.4 Å². The van der Waals surface area contributed by atoms with E-state index in [4.69, 9.17) is 4.18 Å². The van der Waals surface area contributed by atoms with Gasteiger partial charge in [0.15, 0.2) is 0 Å². The van der Waals surface area contributed by atoms with Gasteiger partial charge in [-0.3, -0.25) is 4.79 Å². The van der Waals surface area contributed by atoms with Crippen molar-refractivity contribution in [2.24, 2.45) is 0 Å². The number of aromatic nitrogens is 1. The third-order valence-corrected chi connectivity index (χ3v) is 3.23. The largest absolute Gasteiger partial charge is 0.382 e. The van der Waals surface area contributed by atoms with Crippen LogP contribution in [0.4, 0.5) is 0 Å². The minimum atomic E-state index is -3.63. The van der Waals surface area contributed by atoms with Crippen LogP contribution < -0.4 is 9.74 Å². The molecule has 2 aromatic rings. The number of nitrogens with zero attached hydrogens (tertiary/aromatic N) is 1. The summed E-state index contributed by atoms with van der Waals surface area (Å²) in [6.45, 7) is 2.17. The third kappa shape index (κ3) is 3.71. The quantitative estimate of drug-likeness (QED) is 0.802. The first-order chi connectivity index (χ1) is 9.35. The van der Waals surface area contributed by atoms with Crippen molar-refractivity contribution in [1.82, 2.24) is 4.57 Å². The molecule has 20 heavy (non-hydrogen) atoms. The molecule has 0 amide bonds. The molecule has 0 aliphatic carbocycles. The Hall–Kier alpha value is -2.08. The molecule has 0 aliphatic rings. The standard InChI is InChI=1S/C14H15NO4S/c1-11-8-13(19-20(2,17)18)9-14(16)15(11)10-12-6-4-3-5-7-12/h3-9H,10H2,1-2H3. The molecule has 2 rings (SSSR count). The van der Waals surface area contributed by atoms with E-state index in [0.29, 0.717) is 12.2 Å². The van der Waals surface area contributed by atoms with Gasteiger partial charge in [-0.15, -0.1) is 0 Å². The monoisotopic (exact) mass is 293 g/mol. The number of hydrogen-bond donors (Lipinski definition) is 0. The summed E-state index contributed by atoms with van der Waals surface area (Å²) < 4.78 is 28.4. The summed E-state index contributed by atoms with van der Waals surface area (Å²) in [7, 11) is -3.63. The van der Waals surface area contributed by atoms with Gasteiger partial charge in [-0.1, -0.05) is 30.3 Å². The summed E-state index contributed by atoms with van der Waals surface area (Å²) in [5, 5.41) is 0. The second-order valence-electron chi connectivity index (χ2n) is 4.53. The number of benzene rings is 1. The van der Waals surface area contributed by atoms with Gasteiger partial charge in [0.2, 0.25) is 0 Å². The van der Waals surface area contributed by atoms with Crippen molar-refractivity contribution in [3.8, 4) is 5.75 Å². The number of hydrogen-bond acceptors (Lipinski definition) is 4. The molecule has 0 N–H and O–H groups in total. The number of pyridine rings is 1. The van der Waals surface area contributed by atoms with Crippen LogP contribution in [-0.4, -0.2) is 19.2 Å². The van der Waals surface area contributed by atoms with E-state index in [1.807, 2.05) is 30.3 Å². The highest BCUT2D eigenvalue weighted by molar-refractivity contribution is 7.86. The van der Waals surface area contributed by atoms with E-state index in [9.17, 15) is 13.2 Å². The number of rotatable bonds is 4. The van der Waals surface area contributed by atoms with Gasteiger partial charge < -0.3 is 8.75 Å². The van der Waals surface area contributed by atoms with Gasteiger partial charge in [0.1, 0.15) is 5.75 Å². The van der Waals surface area contributed by atoms with E-state index in [1.54, 1.807) is 11.5 Å². The lowest BCUT2D eigenvalue weighted by atomic mass is 10.2. The highest BCUT2D eigenvalue weighted by Gasteiger charge is 2.09. The highest BCUT2D eigenvalue weighted by atomic mass is 32.2. The van der Waals surface area contributed by atoms with E-state index in [-0.39, 0.29) is 11.3 Å². The lowest BCUT2D eigenvalue weighted by molar-refractivity contribution is 0.490. The highest BCUT2D eigenvalue weighted by Crippen LogP contribution is 2.13. The summed E-state index contributed by atoms with van der Waals surface area (Å²) in [6, 6.07) is 12.3. The second-order valence-corrected chi connectivity index (χ2v) is 6.10. The first kappa shape index (κ1) is 14.3. The predicted molar refractivity (Wildman–Crippen MR) is 76.5 cm³/mol. The molecular weight excluding hydrogens is 278 g/mol. The molecule has 0 spiro atoms. The summed E-state index contributed by atoms with van der Waals surface area (Å²) in [5.74, 6) is 0.0410. The van der Waals surface area contributed by atoms with Gasteiger partial charge in [-0.25, -0.2) is 0 Å². The average Bonchev–Trinajstić information content (AvgIpc) is 2.33. The van der Waals surface area contributed by atoms with Crippen molar-refractivity contribution in [2.45, 2.75) is 13.5 Å². The zero-order chi connectivity index (χ0) is 14.8. The van der Waals surface area contributed by atoms with Gasteiger partial charge >= 0.3 is 10.1 Å². The molecule has 1 heterocycles. The van der Waals surface area contributed by atoms with E-state index in [2.05, 4.69) is 0 Å². The smallest absolute Gasteiger partial charge is 0.306 e. The maximum Gasteiger partial charge on any atom is 0.306 e. The van der Waals surface area contributed by atoms with Gasteiger partial charge in [-0.2, -0.15) is 8.42 Å². The van der Waals surface area contributed by atoms with Crippen LogP contribution in [-0.2, 0) is 16.7 Å². The fourth-order valence-corrected chi connectivity index (χ4v) is 2.34. The molecule has 1 aromatic heterocycles. The molecule has 106 valence electrons. The Kier molecular flexibility index (Phi) is 3.94. The minimum Gasteiger partial charge on any atom is -0.382 e. The predicted octanol–water partition coefficient (Wildman–Crippen LogP) is 1.54. The average molecular weight is 293 g/mol. The van der Waals surface area contributed by atoms with Crippen molar-refractivity contribution < 1.29 is 12.6 Å². The van der Waals surface area contributed by atoms with Gasteiger partial charge in [0, 0.05) is 17.8 Å². The summed E-state index contributed by atoms with van der Waals surface area (Å²) in [4.78, 5) is 12.0. The van der Waals surface area contributed by atoms with E-state index < -0.39 is 10.1 Å². The molecule has 0 saturated carbocycles. The lowest BCUT2D eigenvalue weighted by Crippen LogP contribution is -2.22.